The molecule has 92 valence electrons. The molecule has 2 aromatic rings. The van der Waals surface area contributed by atoms with Gasteiger partial charge < -0.3 is 0 Å². The highest BCUT2D eigenvalue weighted by atomic mass is 35.5. The van der Waals surface area contributed by atoms with Gasteiger partial charge in [-0.1, -0.05) is 35.3 Å². The Morgan fingerprint density at radius 2 is 2.06 bits per heavy atom. The van der Waals surface area contributed by atoms with E-state index < -0.39 is 0 Å². The highest BCUT2D eigenvalue weighted by molar-refractivity contribution is 7.71. The average molecular weight is 298 g/mol. The molecule has 3 nitrogen and oxygen atoms in total. The lowest BCUT2D eigenvalue weighted by molar-refractivity contribution is 0.900. The molecule has 6 heteroatoms. The van der Waals surface area contributed by atoms with Gasteiger partial charge in [-0.2, -0.15) is 5.10 Å². The largest absolute Gasteiger partial charge is 0.252 e. The molecule has 0 radical (unpaired) electrons. The van der Waals surface area contributed by atoms with Crippen molar-refractivity contribution in [3.63, 3.8) is 0 Å². The summed E-state index contributed by atoms with van der Waals surface area (Å²) in [5, 5.41) is 7.86. The van der Waals surface area contributed by atoms with Crippen LogP contribution in [-0.2, 0) is 0 Å². The topological polar surface area (TPSA) is 41.6 Å². The van der Waals surface area contributed by atoms with Gasteiger partial charge in [0.2, 0.25) is 4.77 Å². The SMILES string of the molecule is Cc1n[nH]c(=S)nc1C=Cc1ccc(Cl)cc1Cl. The summed E-state index contributed by atoms with van der Waals surface area (Å²) >= 11 is 16.8. The van der Waals surface area contributed by atoms with Crippen molar-refractivity contribution in [1.82, 2.24) is 15.2 Å². The molecule has 0 saturated heterocycles. The van der Waals surface area contributed by atoms with Crippen LogP contribution in [0.2, 0.25) is 10.0 Å². The highest BCUT2D eigenvalue weighted by Crippen LogP contribution is 2.22. The normalized spacial score (nSPS) is 11.1. The molecule has 0 aliphatic carbocycles. The van der Waals surface area contributed by atoms with Gasteiger partial charge in [-0.05, 0) is 42.9 Å². The maximum Gasteiger partial charge on any atom is 0.214 e. The summed E-state index contributed by atoms with van der Waals surface area (Å²) in [7, 11) is 0. The van der Waals surface area contributed by atoms with Gasteiger partial charge in [-0.15, -0.1) is 0 Å². The van der Waals surface area contributed by atoms with Crippen molar-refractivity contribution in [1.29, 1.82) is 0 Å². The Morgan fingerprint density at radius 1 is 1.28 bits per heavy atom. The van der Waals surface area contributed by atoms with Gasteiger partial charge in [0.1, 0.15) is 0 Å². The molecule has 0 aliphatic heterocycles. The first-order chi connectivity index (χ1) is 8.56. The number of H-pyrrole nitrogens is 1. The Hall–Kier alpha value is -1.23. The maximum absolute atomic E-state index is 6.07. The Labute approximate surface area is 119 Å². The van der Waals surface area contributed by atoms with E-state index in [4.69, 9.17) is 35.4 Å². The Balaban J connectivity index is 2.35. The minimum atomic E-state index is 0.349. The number of aromatic nitrogens is 3. The Kier molecular flexibility index (Phi) is 4.11. The highest BCUT2D eigenvalue weighted by Gasteiger charge is 2.00. The van der Waals surface area contributed by atoms with Crippen LogP contribution < -0.4 is 0 Å². The van der Waals surface area contributed by atoms with Gasteiger partial charge in [-0.25, -0.2) is 4.98 Å². The lowest BCUT2D eigenvalue weighted by Crippen LogP contribution is -1.95. The summed E-state index contributed by atoms with van der Waals surface area (Å²) in [5.41, 5.74) is 2.34. The van der Waals surface area contributed by atoms with Crippen LogP contribution in [0, 0.1) is 11.7 Å². The van der Waals surface area contributed by atoms with Gasteiger partial charge in [-0.3, -0.25) is 5.10 Å². The number of nitrogens with one attached hydrogen (secondary N) is 1. The van der Waals surface area contributed by atoms with Crippen molar-refractivity contribution in [2.75, 3.05) is 0 Å². The number of hydrogen-bond acceptors (Lipinski definition) is 3. The first-order valence-corrected chi connectivity index (χ1v) is 6.29. The number of halogens is 2. The first-order valence-electron chi connectivity index (χ1n) is 5.13. The molecule has 18 heavy (non-hydrogen) atoms. The van der Waals surface area contributed by atoms with Crippen LogP contribution in [0.15, 0.2) is 18.2 Å². The predicted molar refractivity (Wildman–Crippen MR) is 77.3 cm³/mol. The number of hydrogen-bond donors (Lipinski definition) is 1. The lowest BCUT2D eigenvalue weighted by atomic mass is 10.2. The van der Waals surface area contributed by atoms with E-state index in [0.717, 1.165) is 11.3 Å². The van der Waals surface area contributed by atoms with Gasteiger partial charge in [0.05, 0.1) is 11.4 Å². The predicted octanol–water partition coefficient (Wildman–Crippen LogP) is 4.32. The maximum atomic E-state index is 6.07. The van der Waals surface area contributed by atoms with Crippen molar-refractivity contribution in [3.8, 4) is 0 Å². The van der Waals surface area contributed by atoms with Crippen molar-refractivity contribution >= 4 is 47.6 Å². The van der Waals surface area contributed by atoms with Crippen LogP contribution in [0.25, 0.3) is 12.2 Å². The molecule has 0 fully saturated rings. The third-order valence-electron chi connectivity index (χ3n) is 2.30. The summed E-state index contributed by atoms with van der Waals surface area (Å²) in [5.74, 6) is 0. The number of aromatic amines is 1. The third-order valence-corrected chi connectivity index (χ3v) is 3.04. The second kappa shape index (κ2) is 5.61. The monoisotopic (exact) mass is 297 g/mol. The van der Waals surface area contributed by atoms with E-state index in [1.807, 2.05) is 25.1 Å². The molecule has 1 N–H and O–H groups in total. The Bertz CT molecular complexity index is 665. The summed E-state index contributed by atoms with van der Waals surface area (Å²) in [6.45, 7) is 1.85. The molecule has 1 heterocycles. The van der Waals surface area contributed by atoms with Crippen LogP contribution in [0.5, 0.6) is 0 Å². The van der Waals surface area contributed by atoms with Crippen molar-refractivity contribution < 1.29 is 0 Å². The van der Waals surface area contributed by atoms with Crippen LogP contribution in [0.4, 0.5) is 0 Å². The molecular weight excluding hydrogens is 289 g/mol. The fraction of sp³-hybridized carbons (Fsp3) is 0.0833. The van der Waals surface area contributed by atoms with E-state index in [0.29, 0.717) is 20.5 Å². The van der Waals surface area contributed by atoms with E-state index in [-0.39, 0.29) is 0 Å². The second-order valence-electron chi connectivity index (χ2n) is 3.61. The minimum Gasteiger partial charge on any atom is -0.252 e. The van der Waals surface area contributed by atoms with Crippen molar-refractivity contribution in [3.05, 3.63) is 50.0 Å². The third kappa shape index (κ3) is 3.16. The van der Waals surface area contributed by atoms with E-state index in [1.165, 1.54) is 0 Å². The summed E-state index contributed by atoms with van der Waals surface area (Å²) in [6.07, 6.45) is 3.67. The minimum absolute atomic E-state index is 0.349. The lowest BCUT2D eigenvalue weighted by Gasteiger charge is -2.00. The molecule has 0 bridgehead atoms. The van der Waals surface area contributed by atoms with Gasteiger partial charge in [0.25, 0.3) is 0 Å². The van der Waals surface area contributed by atoms with E-state index in [1.54, 1.807) is 12.1 Å². The molecule has 0 atom stereocenters. The molecule has 0 amide bonds. The molecular formula is C12H9Cl2N3S. The fourth-order valence-electron chi connectivity index (χ4n) is 1.37. The summed E-state index contributed by atoms with van der Waals surface area (Å²) < 4.78 is 0.349. The molecule has 0 unspecified atom stereocenters. The zero-order valence-electron chi connectivity index (χ0n) is 9.45. The first kappa shape index (κ1) is 13.2. The molecule has 0 aliphatic rings. The van der Waals surface area contributed by atoms with Gasteiger partial charge >= 0.3 is 0 Å². The van der Waals surface area contributed by atoms with Crippen molar-refractivity contribution in [2.45, 2.75) is 6.92 Å². The van der Waals surface area contributed by atoms with Crippen LogP contribution in [-0.4, -0.2) is 15.2 Å². The fourth-order valence-corrected chi connectivity index (χ4v) is 1.98. The Morgan fingerprint density at radius 3 is 2.78 bits per heavy atom. The molecule has 0 spiro atoms. The molecule has 0 saturated carbocycles. The molecule has 1 aromatic carbocycles. The standard InChI is InChI=1S/C12H9Cl2N3S/c1-7-11(15-12(18)17-16-7)5-3-8-2-4-9(13)6-10(8)14/h2-6H,1H3,(H,15,17,18). The zero-order valence-corrected chi connectivity index (χ0v) is 11.8. The quantitative estimate of drug-likeness (QED) is 0.839. The number of rotatable bonds is 2. The molecule has 2 rings (SSSR count). The number of nitrogens with zero attached hydrogens (tertiary/aromatic N) is 2. The van der Waals surface area contributed by atoms with Gasteiger partial charge in [0.15, 0.2) is 0 Å². The van der Waals surface area contributed by atoms with Crippen LogP contribution in [0.3, 0.4) is 0 Å². The van der Waals surface area contributed by atoms with E-state index in [9.17, 15) is 0 Å². The smallest absolute Gasteiger partial charge is 0.214 e. The van der Waals surface area contributed by atoms with Crippen LogP contribution >= 0.6 is 35.4 Å². The number of aryl methyl sites for hydroxylation is 1. The van der Waals surface area contributed by atoms with Crippen molar-refractivity contribution in [2.24, 2.45) is 0 Å². The zero-order chi connectivity index (χ0) is 13.1. The van der Waals surface area contributed by atoms with E-state index in [2.05, 4.69) is 15.2 Å². The average Bonchev–Trinajstić information content (AvgIpc) is 2.32. The van der Waals surface area contributed by atoms with E-state index >= 15 is 0 Å². The second-order valence-corrected chi connectivity index (χ2v) is 4.84. The van der Waals surface area contributed by atoms with Crippen LogP contribution in [0.1, 0.15) is 17.0 Å². The summed E-state index contributed by atoms with van der Waals surface area (Å²) in [4.78, 5) is 4.18. The summed E-state index contributed by atoms with van der Waals surface area (Å²) in [6, 6.07) is 5.31. The molecule has 1 aromatic heterocycles. The number of benzene rings is 1. The van der Waals surface area contributed by atoms with Gasteiger partial charge in [0, 0.05) is 10.0 Å².